The van der Waals surface area contributed by atoms with Gasteiger partial charge in [-0.3, -0.25) is 4.79 Å². The Kier molecular flexibility index (Phi) is 5.11. The van der Waals surface area contributed by atoms with Crippen LogP contribution in [0.1, 0.15) is 27.7 Å². The van der Waals surface area contributed by atoms with E-state index in [1.54, 1.807) is 11.5 Å². The van der Waals surface area contributed by atoms with Crippen LogP contribution in [0.2, 0.25) is 0 Å². The van der Waals surface area contributed by atoms with Gasteiger partial charge in [0.2, 0.25) is 0 Å². The molecule has 0 bridgehead atoms. The number of methoxy groups -OCH3 is 1. The Bertz CT molecular complexity index is 1270. The zero-order valence-corrected chi connectivity index (χ0v) is 17.3. The number of aryl methyl sites for hydroxylation is 1. The van der Waals surface area contributed by atoms with E-state index in [2.05, 4.69) is 0 Å². The maximum Gasteiger partial charge on any atom is 0.352 e. The van der Waals surface area contributed by atoms with E-state index in [4.69, 9.17) is 9.47 Å². The molecule has 0 atom stereocenters. The van der Waals surface area contributed by atoms with Gasteiger partial charge in [0.05, 0.1) is 30.5 Å². The zero-order valence-electron chi connectivity index (χ0n) is 16.5. The summed E-state index contributed by atoms with van der Waals surface area (Å²) in [5.74, 6) is -0.184. The number of para-hydroxylation sites is 1. The third-order valence-corrected chi connectivity index (χ3v) is 6.07. The van der Waals surface area contributed by atoms with E-state index < -0.39 is 5.97 Å². The van der Waals surface area contributed by atoms with Crippen molar-refractivity contribution in [3.05, 3.63) is 74.9 Å². The lowest BCUT2D eigenvalue weighted by molar-refractivity contribution is 0.0529. The summed E-state index contributed by atoms with van der Waals surface area (Å²) in [6.07, 6.45) is 0. The predicted molar refractivity (Wildman–Crippen MR) is 116 cm³/mol. The number of aromatic nitrogens is 1. The fraction of sp³-hybridized carbons (Fsp3) is 0.217. The van der Waals surface area contributed by atoms with Gasteiger partial charge < -0.3 is 14.0 Å². The minimum absolute atomic E-state index is 0.178. The van der Waals surface area contributed by atoms with Crippen molar-refractivity contribution in [3.8, 4) is 5.75 Å². The van der Waals surface area contributed by atoms with E-state index in [1.165, 1.54) is 24.0 Å². The number of carbonyl (C=O) groups is 1. The summed E-state index contributed by atoms with van der Waals surface area (Å²) in [6, 6.07) is 15.9. The van der Waals surface area contributed by atoms with Gasteiger partial charge in [-0.1, -0.05) is 48.0 Å². The number of hydrogen-bond acceptors (Lipinski definition) is 5. The number of fused-ring (bicyclic) bond motifs is 3. The largest absolute Gasteiger partial charge is 0.494 e. The van der Waals surface area contributed by atoms with Crippen molar-refractivity contribution in [2.45, 2.75) is 20.4 Å². The summed E-state index contributed by atoms with van der Waals surface area (Å²) in [5.41, 5.74) is 2.84. The van der Waals surface area contributed by atoms with E-state index in [0.717, 1.165) is 21.2 Å². The molecule has 2 aromatic carbocycles. The summed E-state index contributed by atoms with van der Waals surface area (Å²) < 4.78 is 13.2. The van der Waals surface area contributed by atoms with E-state index in [9.17, 15) is 9.59 Å². The normalized spacial score (nSPS) is 11.1. The van der Waals surface area contributed by atoms with Crippen LogP contribution in [0.4, 0.5) is 0 Å². The monoisotopic (exact) mass is 407 g/mol. The van der Waals surface area contributed by atoms with Crippen molar-refractivity contribution >= 4 is 38.3 Å². The Morgan fingerprint density at radius 1 is 1.10 bits per heavy atom. The summed E-state index contributed by atoms with van der Waals surface area (Å²) in [4.78, 5) is 26.3. The van der Waals surface area contributed by atoms with Gasteiger partial charge in [0.1, 0.15) is 5.39 Å². The summed E-state index contributed by atoms with van der Waals surface area (Å²) in [5, 5.41) is 1.33. The molecule has 4 aromatic rings. The maximum atomic E-state index is 13.5. The van der Waals surface area contributed by atoms with E-state index in [-0.39, 0.29) is 17.9 Å². The van der Waals surface area contributed by atoms with Crippen LogP contribution in [0.5, 0.6) is 5.75 Å². The highest BCUT2D eigenvalue weighted by Gasteiger charge is 2.25. The van der Waals surface area contributed by atoms with Gasteiger partial charge in [-0.25, -0.2) is 4.79 Å². The number of benzene rings is 2. The predicted octanol–water partition coefficient (Wildman–Crippen LogP) is 4.76. The lowest BCUT2D eigenvalue weighted by atomic mass is 10.1. The first-order chi connectivity index (χ1) is 14.0. The second kappa shape index (κ2) is 7.72. The van der Waals surface area contributed by atoms with Crippen LogP contribution in [0.15, 0.2) is 53.3 Å². The first kappa shape index (κ1) is 19.2. The molecule has 0 amide bonds. The Morgan fingerprint density at radius 2 is 1.83 bits per heavy atom. The number of nitrogens with zero attached hydrogens (tertiary/aromatic N) is 1. The molecular formula is C23H21NO4S. The van der Waals surface area contributed by atoms with Gasteiger partial charge in [-0.05, 0) is 25.5 Å². The summed E-state index contributed by atoms with van der Waals surface area (Å²) in [7, 11) is 1.48. The molecule has 0 N–H and O–H groups in total. The van der Waals surface area contributed by atoms with Gasteiger partial charge in [-0.15, -0.1) is 11.3 Å². The fourth-order valence-electron chi connectivity index (χ4n) is 3.50. The van der Waals surface area contributed by atoms with Crippen LogP contribution in [-0.4, -0.2) is 24.3 Å². The molecule has 6 heteroatoms. The minimum atomic E-state index is -0.473. The molecule has 5 nitrogen and oxygen atoms in total. The van der Waals surface area contributed by atoms with Crippen molar-refractivity contribution in [1.29, 1.82) is 0 Å². The molecular weight excluding hydrogens is 386 g/mol. The van der Waals surface area contributed by atoms with E-state index in [1.807, 2.05) is 55.5 Å². The van der Waals surface area contributed by atoms with Gasteiger partial charge in [0.15, 0.2) is 10.6 Å². The maximum absolute atomic E-state index is 13.5. The molecule has 0 radical (unpaired) electrons. The molecule has 0 aliphatic carbocycles. The molecule has 0 saturated heterocycles. The number of ether oxygens (including phenoxy) is 2. The second-order valence-electron chi connectivity index (χ2n) is 6.78. The van der Waals surface area contributed by atoms with Crippen LogP contribution in [0.3, 0.4) is 0 Å². The first-order valence-corrected chi connectivity index (χ1v) is 10.2. The summed E-state index contributed by atoms with van der Waals surface area (Å²) >= 11 is 1.24. The average molecular weight is 407 g/mol. The Hall–Kier alpha value is -3.12. The van der Waals surface area contributed by atoms with Crippen molar-refractivity contribution in [2.24, 2.45) is 0 Å². The molecule has 2 aromatic heterocycles. The van der Waals surface area contributed by atoms with Gasteiger partial charge in [0.25, 0.3) is 5.56 Å². The molecule has 4 rings (SSSR count). The third-order valence-electron chi connectivity index (χ3n) is 4.89. The van der Waals surface area contributed by atoms with E-state index in [0.29, 0.717) is 16.8 Å². The SMILES string of the molecule is CCOC(=O)c1sc2c(c1OC)c(=O)n(Cc1ccc(C)cc1)c1ccccc21. The molecule has 0 unspecified atom stereocenters. The number of pyridine rings is 1. The molecule has 0 aliphatic heterocycles. The fourth-order valence-corrected chi connectivity index (χ4v) is 4.69. The third kappa shape index (κ3) is 3.29. The van der Waals surface area contributed by atoms with Gasteiger partial charge in [-0.2, -0.15) is 0 Å². The van der Waals surface area contributed by atoms with Crippen LogP contribution in [0, 0.1) is 6.92 Å². The molecule has 0 aliphatic rings. The standard InChI is InChI=1S/C23H21NO4S/c1-4-28-23(26)21-19(27-3)18-20(29-21)16-7-5-6-8-17(16)24(22(18)25)13-15-11-9-14(2)10-12-15/h5-12H,4,13H2,1-3H3. The number of esters is 1. The molecule has 148 valence electrons. The molecule has 2 heterocycles. The zero-order chi connectivity index (χ0) is 20.5. The van der Waals surface area contributed by atoms with Crippen molar-refractivity contribution in [1.82, 2.24) is 4.57 Å². The van der Waals surface area contributed by atoms with Crippen LogP contribution < -0.4 is 10.3 Å². The molecule has 0 fully saturated rings. The average Bonchev–Trinajstić information content (AvgIpc) is 3.13. The van der Waals surface area contributed by atoms with Crippen LogP contribution in [0.25, 0.3) is 21.0 Å². The van der Waals surface area contributed by atoms with Crippen molar-refractivity contribution < 1.29 is 14.3 Å². The Morgan fingerprint density at radius 3 is 2.52 bits per heavy atom. The van der Waals surface area contributed by atoms with Crippen molar-refractivity contribution in [3.63, 3.8) is 0 Å². The number of hydrogen-bond donors (Lipinski definition) is 0. The Balaban J connectivity index is 2.02. The highest BCUT2D eigenvalue weighted by atomic mass is 32.1. The van der Waals surface area contributed by atoms with Crippen molar-refractivity contribution in [2.75, 3.05) is 13.7 Å². The van der Waals surface area contributed by atoms with Crippen LogP contribution >= 0.6 is 11.3 Å². The minimum Gasteiger partial charge on any atom is -0.494 e. The number of thiophene rings is 1. The van der Waals surface area contributed by atoms with Gasteiger partial charge >= 0.3 is 5.97 Å². The van der Waals surface area contributed by atoms with Crippen LogP contribution in [-0.2, 0) is 11.3 Å². The first-order valence-electron chi connectivity index (χ1n) is 9.39. The molecule has 0 saturated carbocycles. The van der Waals surface area contributed by atoms with E-state index >= 15 is 0 Å². The highest BCUT2D eigenvalue weighted by molar-refractivity contribution is 7.22. The highest BCUT2D eigenvalue weighted by Crippen LogP contribution is 2.40. The number of rotatable bonds is 5. The second-order valence-corrected chi connectivity index (χ2v) is 7.80. The molecule has 29 heavy (non-hydrogen) atoms. The molecule has 0 spiro atoms. The summed E-state index contributed by atoms with van der Waals surface area (Å²) in [6.45, 7) is 4.48. The lowest BCUT2D eigenvalue weighted by Gasteiger charge is -2.12. The topological polar surface area (TPSA) is 57.5 Å². The smallest absolute Gasteiger partial charge is 0.352 e. The van der Waals surface area contributed by atoms with Gasteiger partial charge in [0, 0.05) is 5.39 Å². The Labute approximate surface area is 172 Å². The number of carbonyl (C=O) groups excluding carboxylic acids is 1. The quantitative estimate of drug-likeness (QED) is 0.448. The lowest BCUT2D eigenvalue weighted by Crippen LogP contribution is -2.21.